The van der Waals surface area contributed by atoms with Gasteiger partial charge in [-0.05, 0) is 29.8 Å². The van der Waals surface area contributed by atoms with Crippen LogP contribution in [0, 0.1) is 0 Å². The Morgan fingerprint density at radius 3 is 2.67 bits per heavy atom. The van der Waals surface area contributed by atoms with Gasteiger partial charge in [-0.1, -0.05) is 29.8 Å². The monoisotopic (exact) mass is 384 g/mol. The summed E-state index contributed by atoms with van der Waals surface area (Å²) in [6.07, 6.45) is 2.24. The van der Waals surface area contributed by atoms with Crippen molar-refractivity contribution < 1.29 is 9.59 Å². The lowest BCUT2D eigenvalue weighted by Gasteiger charge is -2.45. The molecular weight excluding hydrogens is 364 g/mol. The minimum atomic E-state index is -0.516. The number of benzene rings is 1. The number of rotatable bonds is 4. The highest BCUT2D eigenvalue weighted by molar-refractivity contribution is 6.30. The van der Waals surface area contributed by atoms with E-state index in [1.807, 2.05) is 30.3 Å². The standard InChI is InChI=1S/C20H21ClN4O2/c21-15-6-4-14(5-7-15)11-17-20(27)25-10-9-24(13-18(25)19(26)23-17)12-16-3-1-2-8-22-16/h1-8,17-18H,9-13H2,(H,23,26)/t17-,18+/m0/s1. The number of hydrogen-bond acceptors (Lipinski definition) is 4. The predicted molar refractivity (Wildman–Crippen MR) is 102 cm³/mol. The second-order valence-corrected chi connectivity index (χ2v) is 7.43. The first kappa shape index (κ1) is 17.9. The van der Waals surface area contributed by atoms with Crippen molar-refractivity contribution in [3.63, 3.8) is 0 Å². The van der Waals surface area contributed by atoms with Gasteiger partial charge < -0.3 is 10.2 Å². The number of nitrogens with one attached hydrogen (secondary N) is 1. The summed E-state index contributed by atoms with van der Waals surface area (Å²) in [6.45, 7) is 2.50. The first-order valence-corrected chi connectivity index (χ1v) is 9.45. The normalized spacial score (nSPS) is 23.1. The van der Waals surface area contributed by atoms with Crippen LogP contribution in [0.15, 0.2) is 48.7 Å². The lowest BCUT2D eigenvalue weighted by Crippen LogP contribution is -2.69. The van der Waals surface area contributed by atoms with Crippen LogP contribution in [0.2, 0.25) is 5.02 Å². The van der Waals surface area contributed by atoms with Crippen molar-refractivity contribution in [3.05, 3.63) is 64.9 Å². The summed E-state index contributed by atoms with van der Waals surface area (Å²) >= 11 is 5.92. The zero-order chi connectivity index (χ0) is 18.8. The Morgan fingerprint density at radius 1 is 1.11 bits per heavy atom. The molecule has 2 aliphatic heterocycles. The molecule has 2 aromatic rings. The highest BCUT2D eigenvalue weighted by atomic mass is 35.5. The molecule has 2 saturated heterocycles. The second-order valence-electron chi connectivity index (χ2n) is 7.00. The minimum Gasteiger partial charge on any atom is -0.342 e. The maximum absolute atomic E-state index is 12.9. The van der Waals surface area contributed by atoms with Gasteiger partial charge in [0.1, 0.15) is 12.1 Å². The predicted octanol–water partition coefficient (Wildman–Crippen LogP) is 1.49. The number of carbonyl (C=O) groups is 2. The van der Waals surface area contributed by atoms with Crippen molar-refractivity contribution in [3.8, 4) is 0 Å². The Morgan fingerprint density at radius 2 is 1.93 bits per heavy atom. The van der Waals surface area contributed by atoms with E-state index in [-0.39, 0.29) is 11.8 Å². The van der Waals surface area contributed by atoms with Gasteiger partial charge >= 0.3 is 0 Å². The highest BCUT2D eigenvalue weighted by Gasteiger charge is 2.43. The molecule has 3 heterocycles. The number of hydrogen-bond donors (Lipinski definition) is 1. The van der Waals surface area contributed by atoms with E-state index in [9.17, 15) is 9.59 Å². The molecule has 2 atom stereocenters. The van der Waals surface area contributed by atoms with Gasteiger partial charge in [-0.3, -0.25) is 19.5 Å². The zero-order valence-electron chi connectivity index (χ0n) is 14.8. The number of halogens is 1. The number of fused-ring (bicyclic) bond motifs is 1. The van der Waals surface area contributed by atoms with Gasteiger partial charge in [-0.2, -0.15) is 0 Å². The molecule has 0 unspecified atom stereocenters. The van der Waals surface area contributed by atoms with Crippen molar-refractivity contribution in [2.45, 2.75) is 25.0 Å². The van der Waals surface area contributed by atoms with Gasteiger partial charge in [-0.15, -0.1) is 0 Å². The summed E-state index contributed by atoms with van der Waals surface area (Å²) in [5.41, 5.74) is 1.94. The summed E-state index contributed by atoms with van der Waals surface area (Å²) in [6, 6.07) is 12.2. The van der Waals surface area contributed by atoms with Crippen LogP contribution in [-0.2, 0) is 22.6 Å². The molecule has 27 heavy (non-hydrogen) atoms. The fraction of sp³-hybridized carbons (Fsp3) is 0.350. The lowest BCUT2D eigenvalue weighted by atomic mass is 9.98. The molecule has 2 amide bonds. The molecular formula is C20H21ClN4O2. The molecule has 4 rings (SSSR count). The first-order chi connectivity index (χ1) is 13.1. The van der Waals surface area contributed by atoms with Crippen molar-refractivity contribution in [2.75, 3.05) is 19.6 Å². The smallest absolute Gasteiger partial charge is 0.246 e. The molecule has 0 spiro atoms. The third-order valence-electron chi connectivity index (χ3n) is 5.13. The molecule has 0 aliphatic carbocycles. The molecule has 7 heteroatoms. The zero-order valence-corrected chi connectivity index (χ0v) is 15.6. The maximum Gasteiger partial charge on any atom is 0.246 e. The Kier molecular flexibility index (Phi) is 5.09. The van der Waals surface area contributed by atoms with Crippen LogP contribution in [0.4, 0.5) is 0 Å². The van der Waals surface area contributed by atoms with E-state index in [4.69, 9.17) is 11.6 Å². The van der Waals surface area contributed by atoms with Gasteiger partial charge in [0.2, 0.25) is 11.8 Å². The van der Waals surface area contributed by atoms with Crippen LogP contribution in [0.1, 0.15) is 11.3 Å². The molecule has 1 aromatic heterocycles. The Labute approximate surface area is 163 Å². The van der Waals surface area contributed by atoms with Crippen LogP contribution < -0.4 is 5.32 Å². The molecule has 1 aromatic carbocycles. The summed E-state index contributed by atoms with van der Waals surface area (Å²) in [7, 11) is 0. The number of nitrogens with zero attached hydrogens (tertiary/aromatic N) is 3. The van der Waals surface area contributed by atoms with Gasteiger partial charge in [0.25, 0.3) is 0 Å². The van der Waals surface area contributed by atoms with E-state index in [1.54, 1.807) is 23.2 Å². The molecule has 140 valence electrons. The largest absolute Gasteiger partial charge is 0.342 e. The molecule has 0 radical (unpaired) electrons. The highest BCUT2D eigenvalue weighted by Crippen LogP contribution is 2.20. The second kappa shape index (κ2) is 7.66. The van der Waals surface area contributed by atoms with E-state index in [0.29, 0.717) is 31.1 Å². The SMILES string of the molecule is O=C1N[C@@H](Cc2ccc(Cl)cc2)C(=O)N2CCN(Cc3ccccn3)C[C@H]12. The van der Waals surface area contributed by atoms with Crippen LogP contribution in [-0.4, -0.2) is 58.3 Å². The average molecular weight is 385 g/mol. The maximum atomic E-state index is 12.9. The summed E-state index contributed by atoms with van der Waals surface area (Å²) < 4.78 is 0. The fourth-order valence-corrected chi connectivity index (χ4v) is 3.84. The van der Waals surface area contributed by atoms with Crippen molar-refractivity contribution in [1.29, 1.82) is 0 Å². The van der Waals surface area contributed by atoms with E-state index < -0.39 is 12.1 Å². The van der Waals surface area contributed by atoms with E-state index in [2.05, 4.69) is 15.2 Å². The molecule has 0 bridgehead atoms. The van der Waals surface area contributed by atoms with Crippen LogP contribution >= 0.6 is 11.6 Å². The number of amides is 2. The van der Waals surface area contributed by atoms with Crippen LogP contribution in [0.3, 0.4) is 0 Å². The third kappa shape index (κ3) is 3.96. The van der Waals surface area contributed by atoms with Crippen molar-refractivity contribution in [1.82, 2.24) is 20.1 Å². The van der Waals surface area contributed by atoms with Gasteiger partial charge in [0.15, 0.2) is 0 Å². The van der Waals surface area contributed by atoms with E-state index in [1.165, 1.54) is 0 Å². The summed E-state index contributed by atoms with van der Waals surface area (Å²) in [4.78, 5) is 33.8. The van der Waals surface area contributed by atoms with Crippen LogP contribution in [0.5, 0.6) is 0 Å². The quantitative estimate of drug-likeness (QED) is 0.867. The Bertz CT molecular complexity index is 828. The average Bonchev–Trinajstić information content (AvgIpc) is 2.68. The Balaban J connectivity index is 1.42. The van der Waals surface area contributed by atoms with Crippen LogP contribution in [0.25, 0.3) is 0 Å². The molecule has 2 fully saturated rings. The van der Waals surface area contributed by atoms with Crippen molar-refractivity contribution >= 4 is 23.4 Å². The van der Waals surface area contributed by atoms with Gasteiger partial charge in [-0.25, -0.2) is 0 Å². The molecule has 2 aliphatic rings. The molecule has 6 nitrogen and oxygen atoms in total. The van der Waals surface area contributed by atoms with E-state index >= 15 is 0 Å². The third-order valence-corrected chi connectivity index (χ3v) is 5.38. The number of aromatic nitrogens is 1. The summed E-state index contributed by atoms with van der Waals surface area (Å²) in [5.74, 6) is -0.0914. The fourth-order valence-electron chi connectivity index (χ4n) is 3.72. The van der Waals surface area contributed by atoms with Crippen molar-refractivity contribution in [2.24, 2.45) is 0 Å². The lowest BCUT2D eigenvalue weighted by molar-refractivity contribution is -0.153. The van der Waals surface area contributed by atoms with E-state index in [0.717, 1.165) is 17.8 Å². The van der Waals surface area contributed by atoms with Gasteiger partial charge in [0, 0.05) is 43.8 Å². The number of carbonyl (C=O) groups excluding carboxylic acids is 2. The Hall–Kier alpha value is -2.44. The summed E-state index contributed by atoms with van der Waals surface area (Å²) in [5, 5.41) is 3.56. The first-order valence-electron chi connectivity index (χ1n) is 9.08. The minimum absolute atomic E-state index is 0.00737. The number of pyridine rings is 1. The topological polar surface area (TPSA) is 65.5 Å². The number of piperazine rings is 2. The molecule has 0 saturated carbocycles. The van der Waals surface area contributed by atoms with Gasteiger partial charge in [0.05, 0.1) is 5.69 Å². The molecule has 1 N–H and O–H groups in total.